The van der Waals surface area contributed by atoms with Gasteiger partial charge in [-0.1, -0.05) is 33.8 Å². The summed E-state index contributed by atoms with van der Waals surface area (Å²) in [5.41, 5.74) is -0.795. The van der Waals surface area contributed by atoms with E-state index in [9.17, 15) is 9.59 Å². The zero-order chi connectivity index (χ0) is 9.57. The summed E-state index contributed by atoms with van der Waals surface area (Å²) >= 11 is 0. The summed E-state index contributed by atoms with van der Waals surface area (Å²) in [7, 11) is 0. The maximum Gasteiger partial charge on any atom is 0.221 e. The highest BCUT2D eigenvalue weighted by atomic mass is 16.2. The number of hydrogen-bond acceptors (Lipinski definition) is 2. The summed E-state index contributed by atoms with van der Waals surface area (Å²) in [6.45, 7) is 7.56. The van der Waals surface area contributed by atoms with Crippen molar-refractivity contribution < 1.29 is 9.59 Å². The number of carbonyl (C=O) groups is 2. The molecule has 0 spiro atoms. The van der Waals surface area contributed by atoms with Crippen molar-refractivity contribution >= 4 is 11.6 Å². The lowest BCUT2D eigenvalue weighted by molar-refractivity contribution is -0.143. The lowest BCUT2D eigenvalue weighted by Crippen LogP contribution is -2.44. The predicted octanol–water partition coefficient (Wildman–Crippen LogP) is 1.75. The van der Waals surface area contributed by atoms with E-state index < -0.39 is 5.41 Å². The Labute approximate surface area is 72.7 Å². The lowest BCUT2D eigenvalue weighted by atomic mass is 9.62. The second kappa shape index (κ2) is 2.28. The monoisotopic (exact) mass is 166 g/mol. The maximum atomic E-state index is 11.5. The van der Waals surface area contributed by atoms with Crippen LogP contribution < -0.4 is 0 Å². The second-order valence-electron chi connectivity index (χ2n) is 4.37. The predicted molar refractivity (Wildman–Crippen MR) is 46.7 cm³/mol. The van der Waals surface area contributed by atoms with Crippen molar-refractivity contribution in [2.75, 3.05) is 0 Å². The summed E-state index contributed by atoms with van der Waals surface area (Å²) in [6.07, 6.45) is 3.20. The van der Waals surface area contributed by atoms with Gasteiger partial charge < -0.3 is 0 Å². The van der Waals surface area contributed by atoms with Crippen molar-refractivity contribution in [2.24, 2.45) is 10.8 Å². The number of hydrogen-bond donors (Lipinski definition) is 0. The zero-order valence-corrected chi connectivity index (χ0v) is 7.97. The quantitative estimate of drug-likeness (QED) is 0.514. The highest BCUT2D eigenvalue weighted by molar-refractivity contribution is 6.44. The molecular weight excluding hydrogens is 152 g/mol. The molecule has 0 bridgehead atoms. The fraction of sp³-hybridized carbons (Fsp3) is 0.600. The van der Waals surface area contributed by atoms with Gasteiger partial charge in [-0.2, -0.15) is 0 Å². The Morgan fingerprint density at radius 3 is 2.00 bits per heavy atom. The van der Waals surface area contributed by atoms with Crippen molar-refractivity contribution in [3.8, 4) is 0 Å². The fourth-order valence-corrected chi connectivity index (χ4v) is 1.17. The molecule has 0 aliphatic heterocycles. The molecule has 2 heteroatoms. The molecule has 0 atom stereocenters. The van der Waals surface area contributed by atoms with E-state index in [1.54, 1.807) is 0 Å². The molecular formula is C10H14O2. The highest BCUT2D eigenvalue weighted by Gasteiger charge is 2.46. The van der Waals surface area contributed by atoms with Gasteiger partial charge in [0.2, 0.25) is 11.6 Å². The van der Waals surface area contributed by atoms with Crippen LogP contribution in [0.2, 0.25) is 0 Å². The van der Waals surface area contributed by atoms with E-state index in [0.29, 0.717) is 0 Å². The van der Waals surface area contributed by atoms with E-state index >= 15 is 0 Å². The van der Waals surface area contributed by atoms with Gasteiger partial charge in [-0.25, -0.2) is 0 Å². The van der Waals surface area contributed by atoms with Gasteiger partial charge in [-0.05, 0) is 11.5 Å². The first-order valence-corrected chi connectivity index (χ1v) is 4.07. The molecule has 2 nitrogen and oxygen atoms in total. The Hall–Kier alpha value is -0.920. The van der Waals surface area contributed by atoms with Crippen LogP contribution in [0.4, 0.5) is 0 Å². The van der Waals surface area contributed by atoms with Crippen molar-refractivity contribution in [3.05, 3.63) is 12.2 Å². The van der Waals surface area contributed by atoms with E-state index in [-0.39, 0.29) is 17.0 Å². The number of Topliss-reactive ketones (excluding diaryl/α,β-unsaturated/α-hetero) is 1. The van der Waals surface area contributed by atoms with Crippen molar-refractivity contribution in [1.82, 2.24) is 0 Å². The van der Waals surface area contributed by atoms with E-state index in [0.717, 1.165) is 0 Å². The lowest BCUT2D eigenvalue weighted by Gasteiger charge is -2.39. The Bertz CT molecular complexity index is 270. The SMILES string of the molecule is CC1(C)C=CC(=O)C(=O)C1(C)C. The van der Waals surface area contributed by atoms with E-state index in [2.05, 4.69) is 0 Å². The minimum atomic E-state index is -0.571. The van der Waals surface area contributed by atoms with Crippen LogP contribution >= 0.6 is 0 Å². The molecule has 0 aromatic rings. The molecule has 0 aromatic heterocycles. The number of allylic oxidation sites excluding steroid dienone is 2. The van der Waals surface area contributed by atoms with Crippen LogP contribution in [-0.2, 0) is 9.59 Å². The van der Waals surface area contributed by atoms with Gasteiger partial charge in [-0.15, -0.1) is 0 Å². The normalized spacial score (nSPS) is 26.0. The van der Waals surface area contributed by atoms with Crippen LogP contribution in [0.25, 0.3) is 0 Å². The third-order valence-electron chi connectivity index (χ3n) is 3.05. The average molecular weight is 166 g/mol. The minimum Gasteiger partial charge on any atom is -0.290 e. The average Bonchev–Trinajstić information content (AvgIpc) is 1.96. The van der Waals surface area contributed by atoms with E-state index in [1.807, 2.05) is 33.8 Å². The summed E-state index contributed by atoms with van der Waals surface area (Å²) in [6, 6.07) is 0. The summed E-state index contributed by atoms with van der Waals surface area (Å²) in [4.78, 5) is 22.5. The Kier molecular flexibility index (Phi) is 1.74. The summed E-state index contributed by atoms with van der Waals surface area (Å²) < 4.78 is 0. The zero-order valence-electron chi connectivity index (χ0n) is 7.97. The molecule has 0 saturated carbocycles. The van der Waals surface area contributed by atoms with Gasteiger partial charge >= 0.3 is 0 Å². The number of ketones is 2. The molecule has 0 radical (unpaired) electrons. The van der Waals surface area contributed by atoms with Crippen LogP contribution in [0.15, 0.2) is 12.2 Å². The largest absolute Gasteiger partial charge is 0.290 e. The molecule has 0 aromatic carbocycles. The molecule has 0 fully saturated rings. The van der Waals surface area contributed by atoms with Crippen LogP contribution in [-0.4, -0.2) is 11.6 Å². The number of rotatable bonds is 0. The standard InChI is InChI=1S/C10H14O2/c1-9(2)6-5-7(11)8(12)10(9,3)4/h5-6H,1-4H3. The Morgan fingerprint density at radius 1 is 1.08 bits per heavy atom. The second-order valence-corrected chi connectivity index (χ2v) is 4.37. The van der Waals surface area contributed by atoms with E-state index in [4.69, 9.17) is 0 Å². The van der Waals surface area contributed by atoms with Gasteiger partial charge in [-0.3, -0.25) is 9.59 Å². The molecule has 0 N–H and O–H groups in total. The van der Waals surface area contributed by atoms with Crippen LogP contribution in [0.3, 0.4) is 0 Å². The third kappa shape index (κ3) is 1.02. The third-order valence-corrected chi connectivity index (χ3v) is 3.05. The smallest absolute Gasteiger partial charge is 0.221 e. The van der Waals surface area contributed by atoms with Crippen molar-refractivity contribution in [3.63, 3.8) is 0 Å². The van der Waals surface area contributed by atoms with Crippen LogP contribution in [0.1, 0.15) is 27.7 Å². The topological polar surface area (TPSA) is 34.1 Å². The first kappa shape index (κ1) is 9.17. The van der Waals surface area contributed by atoms with Gasteiger partial charge in [0, 0.05) is 5.41 Å². The molecule has 0 saturated heterocycles. The molecule has 0 amide bonds. The molecule has 1 aliphatic carbocycles. The molecule has 66 valence electrons. The van der Waals surface area contributed by atoms with Crippen LogP contribution in [0, 0.1) is 10.8 Å². The number of carbonyl (C=O) groups excluding carboxylic acids is 2. The fourth-order valence-electron chi connectivity index (χ4n) is 1.17. The molecule has 1 rings (SSSR count). The van der Waals surface area contributed by atoms with Gasteiger partial charge in [0.25, 0.3) is 0 Å². The van der Waals surface area contributed by atoms with Gasteiger partial charge in [0.1, 0.15) is 0 Å². The van der Waals surface area contributed by atoms with Gasteiger partial charge in [0.05, 0.1) is 0 Å². The van der Waals surface area contributed by atoms with Gasteiger partial charge in [0.15, 0.2) is 0 Å². The van der Waals surface area contributed by atoms with E-state index in [1.165, 1.54) is 6.08 Å². The maximum absolute atomic E-state index is 11.5. The summed E-state index contributed by atoms with van der Waals surface area (Å²) in [5, 5.41) is 0. The Balaban J connectivity index is 3.23. The molecule has 1 aliphatic rings. The Morgan fingerprint density at radius 2 is 1.58 bits per heavy atom. The molecule has 12 heavy (non-hydrogen) atoms. The molecule has 0 unspecified atom stereocenters. The highest BCUT2D eigenvalue weighted by Crippen LogP contribution is 2.42. The first-order chi connectivity index (χ1) is 5.29. The summed E-state index contributed by atoms with van der Waals surface area (Å²) in [5.74, 6) is -0.658. The van der Waals surface area contributed by atoms with Crippen molar-refractivity contribution in [2.45, 2.75) is 27.7 Å². The first-order valence-electron chi connectivity index (χ1n) is 4.07. The molecule has 0 heterocycles. The van der Waals surface area contributed by atoms with Crippen LogP contribution in [0.5, 0.6) is 0 Å². The van der Waals surface area contributed by atoms with Crippen molar-refractivity contribution in [1.29, 1.82) is 0 Å². The minimum absolute atomic E-state index is 0.224.